The largest absolute Gasteiger partial charge is 0.383 e. The Labute approximate surface area is 93.2 Å². The van der Waals surface area contributed by atoms with Gasteiger partial charge in [-0.05, 0) is 32.6 Å². The number of rotatable bonds is 4. The number of nitrogens with zero attached hydrogens (tertiary/aromatic N) is 1. The quantitative estimate of drug-likeness (QED) is 0.755. The van der Waals surface area contributed by atoms with Gasteiger partial charge in [0.05, 0.1) is 6.61 Å². The molecule has 1 saturated carbocycles. The molecule has 0 bridgehead atoms. The first-order chi connectivity index (χ1) is 7.15. The summed E-state index contributed by atoms with van der Waals surface area (Å²) in [6.45, 7) is 8.91. The standard InChI is InChI=1S/C12H24N2O/c1-10-8-13-12(2,11-4-5-11)9-14(10)6-7-15-3/h10-11,13H,4-9H2,1-3H3. The predicted octanol–water partition coefficient (Wildman–Crippen LogP) is 1.10. The van der Waals surface area contributed by atoms with Crippen LogP contribution in [-0.2, 0) is 4.74 Å². The average molecular weight is 212 g/mol. The van der Waals surface area contributed by atoms with Crippen molar-refractivity contribution in [2.45, 2.75) is 38.3 Å². The summed E-state index contributed by atoms with van der Waals surface area (Å²) in [7, 11) is 1.78. The lowest BCUT2D eigenvalue weighted by Gasteiger charge is -2.45. The van der Waals surface area contributed by atoms with E-state index in [9.17, 15) is 0 Å². The van der Waals surface area contributed by atoms with E-state index >= 15 is 0 Å². The summed E-state index contributed by atoms with van der Waals surface area (Å²) < 4.78 is 5.18. The number of hydrogen-bond acceptors (Lipinski definition) is 3. The van der Waals surface area contributed by atoms with E-state index in [1.54, 1.807) is 7.11 Å². The van der Waals surface area contributed by atoms with Crippen LogP contribution in [0, 0.1) is 5.92 Å². The molecule has 15 heavy (non-hydrogen) atoms. The number of hydrogen-bond donors (Lipinski definition) is 1. The second-order valence-electron chi connectivity index (χ2n) is 5.38. The van der Waals surface area contributed by atoms with E-state index in [1.807, 2.05) is 0 Å². The third-order valence-corrected chi connectivity index (χ3v) is 4.02. The molecule has 0 spiro atoms. The van der Waals surface area contributed by atoms with Crippen molar-refractivity contribution >= 4 is 0 Å². The predicted molar refractivity (Wildman–Crippen MR) is 62.0 cm³/mol. The highest BCUT2D eigenvalue weighted by atomic mass is 16.5. The van der Waals surface area contributed by atoms with Crippen LogP contribution in [-0.4, -0.2) is 49.8 Å². The van der Waals surface area contributed by atoms with E-state index in [0.717, 1.165) is 25.6 Å². The van der Waals surface area contributed by atoms with Gasteiger partial charge in [-0.3, -0.25) is 4.90 Å². The normalized spacial score (nSPS) is 38.2. The maximum atomic E-state index is 5.18. The van der Waals surface area contributed by atoms with Crippen LogP contribution in [0.15, 0.2) is 0 Å². The van der Waals surface area contributed by atoms with Crippen molar-refractivity contribution in [3.8, 4) is 0 Å². The van der Waals surface area contributed by atoms with Crippen LogP contribution in [0.2, 0.25) is 0 Å². The Bertz CT molecular complexity index is 218. The minimum atomic E-state index is 0.361. The molecule has 0 radical (unpaired) electrons. The molecule has 1 saturated heterocycles. The Kier molecular flexibility index (Phi) is 3.33. The third kappa shape index (κ3) is 2.52. The molecule has 2 unspecified atom stereocenters. The number of methoxy groups -OCH3 is 1. The minimum absolute atomic E-state index is 0.361. The monoisotopic (exact) mass is 212 g/mol. The van der Waals surface area contributed by atoms with E-state index < -0.39 is 0 Å². The summed E-state index contributed by atoms with van der Waals surface area (Å²) >= 11 is 0. The Hall–Kier alpha value is -0.120. The minimum Gasteiger partial charge on any atom is -0.383 e. The second kappa shape index (κ2) is 4.40. The fourth-order valence-electron chi connectivity index (χ4n) is 2.65. The van der Waals surface area contributed by atoms with E-state index in [0.29, 0.717) is 11.6 Å². The van der Waals surface area contributed by atoms with Crippen LogP contribution in [0.25, 0.3) is 0 Å². The van der Waals surface area contributed by atoms with Crippen LogP contribution < -0.4 is 5.32 Å². The molecule has 0 aromatic heterocycles. The SMILES string of the molecule is COCCN1CC(C)(C2CC2)NCC1C. The summed E-state index contributed by atoms with van der Waals surface area (Å²) in [5.74, 6) is 0.912. The van der Waals surface area contributed by atoms with E-state index in [1.165, 1.54) is 19.4 Å². The van der Waals surface area contributed by atoms with Crippen LogP contribution in [0.5, 0.6) is 0 Å². The summed E-state index contributed by atoms with van der Waals surface area (Å²) in [6.07, 6.45) is 2.83. The van der Waals surface area contributed by atoms with Crippen molar-refractivity contribution in [1.82, 2.24) is 10.2 Å². The third-order valence-electron chi connectivity index (χ3n) is 4.02. The van der Waals surface area contributed by atoms with Gasteiger partial charge in [-0.2, -0.15) is 0 Å². The van der Waals surface area contributed by atoms with Crippen molar-refractivity contribution in [1.29, 1.82) is 0 Å². The highest BCUT2D eigenvalue weighted by Crippen LogP contribution is 2.41. The zero-order valence-electron chi connectivity index (χ0n) is 10.3. The van der Waals surface area contributed by atoms with Gasteiger partial charge in [-0.15, -0.1) is 0 Å². The molecule has 1 heterocycles. The van der Waals surface area contributed by atoms with Gasteiger partial charge in [0.25, 0.3) is 0 Å². The van der Waals surface area contributed by atoms with E-state index in [-0.39, 0.29) is 0 Å². The van der Waals surface area contributed by atoms with Gasteiger partial charge in [0.1, 0.15) is 0 Å². The zero-order valence-corrected chi connectivity index (χ0v) is 10.3. The molecule has 0 amide bonds. The lowest BCUT2D eigenvalue weighted by atomic mass is 9.91. The topological polar surface area (TPSA) is 24.5 Å². The molecule has 2 atom stereocenters. The average Bonchev–Trinajstić information content (AvgIpc) is 3.03. The van der Waals surface area contributed by atoms with Crippen molar-refractivity contribution in [2.75, 3.05) is 33.4 Å². The summed E-state index contributed by atoms with van der Waals surface area (Å²) in [4.78, 5) is 2.57. The maximum Gasteiger partial charge on any atom is 0.0589 e. The van der Waals surface area contributed by atoms with Gasteiger partial charge in [-0.25, -0.2) is 0 Å². The Morgan fingerprint density at radius 1 is 1.47 bits per heavy atom. The molecule has 2 aliphatic rings. The first-order valence-electron chi connectivity index (χ1n) is 6.14. The molecule has 1 N–H and O–H groups in total. The van der Waals surface area contributed by atoms with Gasteiger partial charge >= 0.3 is 0 Å². The maximum absolute atomic E-state index is 5.18. The Balaban J connectivity index is 1.91. The van der Waals surface area contributed by atoms with Gasteiger partial charge < -0.3 is 10.1 Å². The van der Waals surface area contributed by atoms with Crippen LogP contribution in [0.4, 0.5) is 0 Å². The van der Waals surface area contributed by atoms with Crippen LogP contribution in [0.3, 0.4) is 0 Å². The van der Waals surface area contributed by atoms with Crippen LogP contribution >= 0.6 is 0 Å². The number of nitrogens with one attached hydrogen (secondary N) is 1. The number of piperazine rings is 1. The molecule has 1 aliphatic heterocycles. The van der Waals surface area contributed by atoms with Crippen molar-refractivity contribution in [3.63, 3.8) is 0 Å². The van der Waals surface area contributed by atoms with E-state index in [2.05, 4.69) is 24.1 Å². The highest BCUT2D eigenvalue weighted by molar-refractivity contribution is 5.03. The fraction of sp³-hybridized carbons (Fsp3) is 1.00. The molecule has 2 fully saturated rings. The molecule has 2 rings (SSSR count). The first kappa shape index (κ1) is 11.4. The Morgan fingerprint density at radius 2 is 2.20 bits per heavy atom. The lowest BCUT2D eigenvalue weighted by molar-refractivity contribution is 0.0572. The molecule has 0 aromatic carbocycles. The molecule has 3 nitrogen and oxygen atoms in total. The zero-order chi connectivity index (χ0) is 10.9. The molecule has 3 heteroatoms. The highest BCUT2D eigenvalue weighted by Gasteiger charge is 2.44. The summed E-state index contributed by atoms with van der Waals surface area (Å²) in [5, 5.41) is 3.73. The number of ether oxygens (including phenoxy) is 1. The Morgan fingerprint density at radius 3 is 2.80 bits per heavy atom. The van der Waals surface area contributed by atoms with Crippen molar-refractivity contribution in [3.05, 3.63) is 0 Å². The molecular formula is C12H24N2O. The van der Waals surface area contributed by atoms with Gasteiger partial charge in [0, 0.05) is 38.3 Å². The smallest absolute Gasteiger partial charge is 0.0589 e. The second-order valence-corrected chi connectivity index (χ2v) is 5.38. The fourth-order valence-corrected chi connectivity index (χ4v) is 2.65. The lowest BCUT2D eigenvalue weighted by Crippen LogP contribution is -2.63. The first-order valence-corrected chi connectivity index (χ1v) is 6.14. The van der Waals surface area contributed by atoms with Crippen molar-refractivity contribution < 1.29 is 4.74 Å². The van der Waals surface area contributed by atoms with E-state index in [4.69, 9.17) is 4.74 Å². The molecule has 0 aromatic rings. The van der Waals surface area contributed by atoms with Gasteiger partial charge in [0.15, 0.2) is 0 Å². The summed E-state index contributed by atoms with van der Waals surface area (Å²) in [6, 6.07) is 0.645. The van der Waals surface area contributed by atoms with Crippen LogP contribution in [0.1, 0.15) is 26.7 Å². The van der Waals surface area contributed by atoms with Crippen molar-refractivity contribution in [2.24, 2.45) is 5.92 Å². The van der Waals surface area contributed by atoms with Gasteiger partial charge in [0.2, 0.25) is 0 Å². The molecule has 88 valence electrons. The summed E-state index contributed by atoms with van der Waals surface area (Å²) in [5.41, 5.74) is 0.361. The molecule has 1 aliphatic carbocycles. The van der Waals surface area contributed by atoms with Gasteiger partial charge in [-0.1, -0.05) is 0 Å². The molecular weight excluding hydrogens is 188 g/mol.